The molecule has 0 unspecified atom stereocenters. The molecule has 1 rings (SSSR count). The molecule has 0 aromatic heterocycles. The molecule has 0 N–H and O–H groups in total. The highest BCUT2D eigenvalue weighted by Gasteiger charge is 2.24. The van der Waals surface area contributed by atoms with Crippen molar-refractivity contribution in [3.05, 3.63) is 10.1 Å². The van der Waals surface area contributed by atoms with E-state index in [1.54, 1.807) is 0 Å². The molecule has 0 aliphatic heterocycles. The lowest BCUT2D eigenvalue weighted by molar-refractivity contribution is -0.467. The van der Waals surface area contributed by atoms with E-state index in [2.05, 4.69) is 0 Å². The van der Waals surface area contributed by atoms with Gasteiger partial charge in [0.25, 0.3) is 6.54 Å². The van der Waals surface area contributed by atoms with Gasteiger partial charge in [0.05, 0.1) is 0 Å². The molecular formula is C8H13NO3. The first-order chi connectivity index (χ1) is 5.70. The number of nitro groups is 1. The maximum atomic E-state index is 11.2. The quantitative estimate of drug-likeness (QED) is 0.476. The van der Waals surface area contributed by atoms with Gasteiger partial charge in [-0.2, -0.15) is 0 Å². The molecule has 1 aliphatic rings. The zero-order chi connectivity index (χ0) is 8.97. The molecule has 1 aliphatic carbocycles. The summed E-state index contributed by atoms with van der Waals surface area (Å²) in [4.78, 5) is 20.7. The second-order valence-corrected chi connectivity index (χ2v) is 3.29. The Morgan fingerprint density at radius 2 is 1.92 bits per heavy atom. The summed E-state index contributed by atoms with van der Waals surface area (Å²) in [6.45, 7) is -0.481. The highest BCUT2D eigenvalue weighted by molar-refractivity contribution is 5.81. The summed E-state index contributed by atoms with van der Waals surface area (Å²) in [6, 6.07) is 0. The summed E-state index contributed by atoms with van der Waals surface area (Å²) in [5, 5.41) is 10.0. The van der Waals surface area contributed by atoms with Crippen molar-refractivity contribution in [1.82, 2.24) is 0 Å². The van der Waals surface area contributed by atoms with Crippen LogP contribution in [0.5, 0.6) is 0 Å². The van der Waals surface area contributed by atoms with Crippen molar-refractivity contribution in [2.75, 3.05) is 6.54 Å². The summed E-state index contributed by atoms with van der Waals surface area (Å²) in [5.41, 5.74) is 0. The molecule has 0 amide bonds. The Balaban J connectivity index is 2.34. The smallest absolute Gasteiger partial charge is 0.261 e. The molecule has 0 aromatic carbocycles. The average Bonchev–Trinajstić information content (AvgIpc) is 2.05. The molecular weight excluding hydrogens is 158 g/mol. The number of hydrogen-bond acceptors (Lipinski definition) is 3. The Labute approximate surface area is 71.1 Å². The number of Topliss-reactive ketones (excluding diaryl/α,β-unsaturated/α-hetero) is 1. The van der Waals surface area contributed by atoms with E-state index in [-0.39, 0.29) is 11.7 Å². The Kier molecular flexibility index (Phi) is 3.19. The van der Waals surface area contributed by atoms with E-state index in [4.69, 9.17) is 0 Å². The van der Waals surface area contributed by atoms with E-state index in [9.17, 15) is 14.9 Å². The van der Waals surface area contributed by atoms with Gasteiger partial charge in [0.1, 0.15) is 0 Å². The topological polar surface area (TPSA) is 60.2 Å². The van der Waals surface area contributed by atoms with Crippen molar-refractivity contribution in [2.24, 2.45) is 5.92 Å². The molecule has 0 atom stereocenters. The molecule has 0 saturated heterocycles. The van der Waals surface area contributed by atoms with Crippen LogP contribution in [0.4, 0.5) is 0 Å². The van der Waals surface area contributed by atoms with Gasteiger partial charge in [-0.15, -0.1) is 0 Å². The van der Waals surface area contributed by atoms with Crippen LogP contribution >= 0.6 is 0 Å². The van der Waals surface area contributed by atoms with Gasteiger partial charge in [-0.3, -0.25) is 14.9 Å². The van der Waals surface area contributed by atoms with Crippen LogP contribution in [-0.4, -0.2) is 17.3 Å². The minimum atomic E-state index is -0.531. The lowest BCUT2D eigenvalue weighted by Crippen LogP contribution is -2.24. The fraction of sp³-hybridized carbons (Fsp3) is 0.875. The van der Waals surface area contributed by atoms with Crippen LogP contribution in [0.25, 0.3) is 0 Å². The van der Waals surface area contributed by atoms with Crippen molar-refractivity contribution >= 4 is 5.78 Å². The zero-order valence-electron chi connectivity index (χ0n) is 6.99. The molecule has 68 valence electrons. The van der Waals surface area contributed by atoms with Crippen molar-refractivity contribution in [3.8, 4) is 0 Å². The molecule has 12 heavy (non-hydrogen) atoms. The summed E-state index contributed by atoms with van der Waals surface area (Å²) >= 11 is 0. The van der Waals surface area contributed by atoms with Crippen LogP contribution in [0.3, 0.4) is 0 Å². The van der Waals surface area contributed by atoms with E-state index in [1.165, 1.54) is 6.42 Å². The first kappa shape index (κ1) is 9.16. The number of ketones is 1. The molecule has 0 radical (unpaired) electrons. The second-order valence-electron chi connectivity index (χ2n) is 3.29. The van der Waals surface area contributed by atoms with E-state index in [1.807, 2.05) is 0 Å². The Hall–Kier alpha value is -0.930. The fourth-order valence-electron chi connectivity index (χ4n) is 1.68. The van der Waals surface area contributed by atoms with Crippen LogP contribution in [0, 0.1) is 16.0 Å². The highest BCUT2D eigenvalue weighted by Crippen LogP contribution is 2.24. The van der Waals surface area contributed by atoms with Crippen molar-refractivity contribution in [1.29, 1.82) is 0 Å². The van der Waals surface area contributed by atoms with Gasteiger partial charge in [-0.05, 0) is 12.8 Å². The van der Waals surface area contributed by atoms with E-state index in [0.717, 1.165) is 25.7 Å². The fourth-order valence-corrected chi connectivity index (χ4v) is 1.68. The number of nitrogens with zero attached hydrogens (tertiary/aromatic N) is 1. The maximum absolute atomic E-state index is 11.2. The van der Waals surface area contributed by atoms with Gasteiger partial charge >= 0.3 is 0 Å². The highest BCUT2D eigenvalue weighted by atomic mass is 16.6. The van der Waals surface area contributed by atoms with Gasteiger partial charge in [0.2, 0.25) is 5.78 Å². The standard InChI is InChI=1S/C8H13NO3/c10-8(6-9(11)12)7-4-2-1-3-5-7/h7H,1-6H2. The normalized spacial score (nSPS) is 19.0. The molecule has 1 fully saturated rings. The zero-order valence-corrected chi connectivity index (χ0v) is 6.99. The van der Waals surface area contributed by atoms with Crippen LogP contribution < -0.4 is 0 Å². The average molecular weight is 171 g/mol. The van der Waals surface area contributed by atoms with Crippen molar-refractivity contribution < 1.29 is 9.72 Å². The Morgan fingerprint density at radius 3 is 2.42 bits per heavy atom. The SMILES string of the molecule is O=C(C[N+](=O)[O-])C1CCCCC1. The van der Waals surface area contributed by atoms with Crippen LogP contribution in [-0.2, 0) is 4.79 Å². The number of rotatable bonds is 3. The first-order valence-electron chi connectivity index (χ1n) is 4.34. The predicted octanol–water partition coefficient (Wildman–Crippen LogP) is 1.41. The molecule has 4 heteroatoms. The minimum absolute atomic E-state index is 0.0239. The monoisotopic (exact) mass is 171 g/mol. The molecule has 4 nitrogen and oxygen atoms in total. The van der Waals surface area contributed by atoms with Gasteiger partial charge in [-0.25, -0.2) is 0 Å². The van der Waals surface area contributed by atoms with Gasteiger partial charge in [0.15, 0.2) is 0 Å². The third kappa shape index (κ3) is 2.60. The van der Waals surface area contributed by atoms with Gasteiger partial charge in [-0.1, -0.05) is 19.3 Å². The molecule has 1 saturated carbocycles. The maximum Gasteiger partial charge on any atom is 0.261 e. The number of hydrogen-bond donors (Lipinski definition) is 0. The third-order valence-corrected chi connectivity index (χ3v) is 2.35. The minimum Gasteiger partial charge on any atom is -0.292 e. The first-order valence-corrected chi connectivity index (χ1v) is 4.34. The Morgan fingerprint density at radius 1 is 1.33 bits per heavy atom. The Bertz CT molecular complexity index is 185. The third-order valence-electron chi connectivity index (χ3n) is 2.35. The van der Waals surface area contributed by atoms with Crippen LogP contribution in [0.1, 0.15) is 32.1 Å². The summed E-state index contributed by atoms with van der Waals surface area (Å²) in [5.74, 6) is -0.205. The van der Waals surface area contributed by atoms with Crippen LogP contribution in [0.15, 0.2) is 0 Å². The molecule has 0 bridgehead atoms. The van der Waals surface area contributed by atoms with E-state index < -0.39 is 11.5 Å². The van der Waals surface area contributed by atoms with Crippen molar-refractivity contribution in [3.63, 3.8) is 0 Å². The second kappa shape index (κ2) is 4.18. The van der Waals surface area contributed by atoms with Crippen LogP contribution in [0.2, 0.25) is 0 Å². The predicted molar refractivity (Wildman–Crippen MR) is 43.4 cm³/mol. The van der Waals surface area contributed by atoms with E-state index in [0.29, 0.717) is 0 Å². The lowest BCUT2D eigenvalue weighted by Gasteiger charge is -2.18. The largest absolute Gasteiger partial charge is 0.292 e. The lowest BCUT2D eigenvalue weighted by atomic mass is 9.86. The van der Waals surface area contributed by atoms with Gasteiger partial charge in [0, 0.05) is 10.8 Å². The molecule has 0 heterocycles. The van der Waals surface area contributed by atoms with E-state index >= 15 is 0 Å². The number of carbonyl (C=O) groups is 1. The van der Waals surface area contributed by atoms with Gasteiger partial charge < -0.3 is 0 Å². The molecule has 0 aromatic rings. The van der Waals surface area contributed by atoms with Crippen molar-refractivity contribution in [2.45, 2.75) is 32.1 Å². The summed E-state index contributed by atoms with van der Waals surface area (Å²) < 4.78 is 0. The molecule has 0 spiro atoms. The summed E-state index contributed by atoms with van der Waals surface area (Å²) in [6.07, 6.45) is 4.98. The summed E-state index contributed by atoms with van der Waals surface area (Å²) in [7, 11) is 0. The number of carbonyl (C=O) groups excluding carboxylic acids is 1.